The van der Waals surface area contributed by atoms with E-state index in [2.05, 4.69) is 17.3 Å². The smallest absolute Gasteiger partial charge is 0.225 e. The third-order valence-electron chi connectivity index (χ3n) is 2.72. The average Bonchev–Trinajstić information content (AvgIpc) is 2.67. The summed E-state index contributed by atoms with van der Waals surface area (Å²) in [5, 5.41) is 6.85. The van der Waals surface area contributed by atoms with Crippen LogP contribution < -0.4 is 11.1 Å². The van der Waals surface area contributed by atoms with E-state index in [9.17, 15) is 4.79 Å². The third-order valence-corrected chi connectivity index (χ3v) is 2.94. The van der Waals surface area contributed by atoms with Crippen LogP contribution in [-0.2, 0) is 11.8 Å². The molecule has 1 aromatic rings. The maximum Gasteiger partial charge on any atom is 0.225 e. The first-order valence-corrected chi connectivity index (χ1v) is 6.58. The first kappa shape index (κ1) is 14.6. The Hall–Kier alpha value is -1.43. The quantitative estimate of drug-likeness (QED) is 0.585. The van der Waals surface area contributed by atoms with Crippen molar-refractivity contribution in [2.24, 2.45) is 12.8 Å². The highest BCUT2D eigenvalue weighted by Crippen LogP contribution is 2.14. The number of carbonyl (C=O) groups excluding carboxylic acids is 1. The predicted octanol–water partition coefficient (Wildman–Crippen LogP) is 1.96. The molecule has 0 saturated carbocycles. The van der Waals surface area contributed by atoms with Gasteiger partial charge in [0.2, 0.25) is 5.91 Å². The molecule has 0 aliphatic heterocycles. The second-order valence-electron chi connectivity index (χ2n) is 4.25. The van der Waals surface area contributed by atoms with Gasteiger partial charge in [-0.1, -0.05) is 38.4 Å². The summed E-state index contributed by atoms with van der Waals surface area (Å²) in [6.45, 7) is 2.14. The van der Waals surface area contributed by atoms with Crippen molar-refractivity contribution in [2.45, 2.75) is 39.0 Å². The Balaban J connectivity index is 2.53. The molecule has 0 aromatic carbocycles. The SMILES string of the molecule is CCCCCCC(=O)Nc1c(C(N)=S)cnn1C. The molecule has 1 amide bonds. The van der Waals surface area contributed by atoms with Gasteiger partial charge in [-0.05, 0) is 6.42 Å². The highest BCUT2D eigenvalue weighted by atomic mass is 32.1. The van der Waals surface area contributed by atoms with E-state index >= 15 is 0 Å². The molecule has 0 unspecified atom stereocenters. The van der Waals surface area contributed by atoms with Gasteiger partial charge in [0.1, 0.15) is 10.8 Å². The molecule has 1 rings (SSSR count). The minimum atomic E-state index is -0.0211. The van der Waals surface area contributed by atoms with E-state index in [1.807, 2.05) is 0 Å². The molecule has 0 aliphatic rings. The van der Waals surface area contributed by atoms with Crippen LogP contribution >= 0.6 is 12.2 Å². The summed E-state index contributed by atoms with van der Waals surface area (Å²) < 4.78 is 1.57. The predicted molar refractivity (Wildman–Crippen MR) is 76.5 cm³/mol. The van der Waals surface area contributed by atoms with Crippen molar-refractivity contribution in [2.75, 3.05) is 5.32 Å². The summed E-state index contributed by atoms with van der Waals surface area (Å²) in [7, 11) is 1.74. The Morgan fingerprint density at radius 3 is 2.83 bits per heavy atom. The number of aromatic nitrogens is 2. The zero-order valence-corrected chi connectivity index (χ0v) is 11.7. The van der Waals surface area contributed by atoms with Crippen molar-refractivity contribution in [3.63, 3.8) is 0 Å². The Morgan fingerprint density at radius 2 is 2.22 bits per heavy atom. The number of thiocarbonyl (C=S) groups is 1. The number of nitrogens with one attached hydrogen (secondary N) is 1. The van der Waals surface area contributed by atoms with E-state index in [1.165, 1.54) is 0 Å². The Bertz CT molecular complexity index is 428. The van der Waals surface area contributed by atoms with E-state index in [1.54, 1.807) is 17.9 Å². The van der Waals surface area contributed by atoms with Crippen LogP contribution in [0.4, 0.5) is 5.82 Å². The van der Waals surface area contributed by atoms with Crippen molar-refractivity contribution >= 4 is 28.9 Å². The lowest BCUT2D eigenvalue weighted by Gasteiger charge is -2.07. The molecule has 0 bridgehead atoms. The number of aryl methyl sites for hydroxylation is 1. The fourth-order valence-corrected chi connectivity index (χ4v) is 1.82. The van der Waals surface area contributed by atoms with Crippen molar-refractivity contribution in [3.8, 4) is 0 Å². The monoisotopic (exact) mass is 268 g/mol. The lowest BCUT2D eigenvalue weighted by Crippen LogP contribution is -2.18. The molecule has 0 fully saturated rings. The molecule has 18 heavy (non-hydrogen) atoms. The van der Waals surface area contributed by atoms with Gasteiger partial charge in [-0.25, -0.2) is 0 Å². The Kier molecular flexibility index (Phi) is 5.77. The van der Waals surface area contributed by atoms with E-state index in [-0.39, 0.29) is 10.9 Å². The zero-order valence-electron chi connectivity index (χ0n) is 10.9. The number of nitrogens with zero attached hydrogens (tertiary/aromatic N) is 2. The van der Waals surface area contributed by atoms with E-state index < -0.39 is 0 Å². The highest BCUT2D eigenvalue weighted by Gasteiger charge is 2.13. The van der Waals surface area contributed by atoms with Crippen LogP contribution in [0.3, 0.4) is 0 Å². The molecular formula is C12H20N4OS. The summed E-state index contributed by atoms with van der Waals surface area (Å²) in [6.07, 6.45) is 6.39. The zero-order chi connectivity index (χ0) is 13.5. The van der Waals surface area contributed by atoms with Gasteiger partial charge in [-0.2, -0.15) is 5.10 Å². The molecule has 6 heteroatoms. The van der Waals surface area contributed by atoms with Crippen LogP contribution in [0.5, 0.6) is 0 Å². The molecule has 0 spiro atoms. The molecule has 0 saturated heterocycles. The first-order chi connectivity index (χ1) is 8.56. The number of anilines is 1. The van der Waals surface area contributed by atoms with Crippen molar-refractivity contribution in [1.29, 1.82) is 0 Å². The summed E-state index contributed by atoms with van der Waals surface area (Å²) in [5.74, 6) is 0.551. The molecule has 100 valence electrons. The standard InChI is InChI=1S/C12H20N4OS/c1-3-4-5-6-7-10(17)15-12-9(11(13)18)8-14-16(12)2/h8H,3-7H2,1-2H3,(H2,13,18)(H,15,17). The van der Waals surface area contributed by atoms with Gasteiger partial charge in [0, 0.05) is 13.5 Å². The molecule has 1 aromatic heterocycles. The lowest BCUT2D eigenvalue weighted by molar-refractivity contribution is -0.116. The topological polar surface area (TPSA) is 72.9 Å². The number of rotatable bonds is 7. The van der Waals surface area contributed by atoms with Gasteiger partial charge in [-0.3, -0.25) is 9.48 Å². The van der Waals surface area contributed by atoms with Gasteiger partial charge < -0.3 is 11.1 Å². The van der Waals surface area contributed by atoms with Crippen molar-refractivity contribution in [1.82, 2.24) is 9.78 Å². The Labute approximate surface area is 113 Å². The molecule has 0 atom stereocenters. The number of nitrogens with two attached hydrogens (primary N) is 1. The van der Waals surface area contributed by atoms with Crippen LogP contribution in [0.2, 0.25) is 0 Å². The molecule has 1 heterocycles. The van der Waals surface area contributed by atoms with Crippen molar-refractivity contribution < 1.29 is 4.79 Å². The highest BCUT2D eigenvalue weighted by molar-refractivity contribution is 7.80. The third kappa shape index (κ3) is 4.10. The van der Waals surface area contributed by atoms with Gasteiger partial charge in [0.25, 0.3) is 0 Å². The fourth-order valence-electron chi connectivity index (χ4n) is 1.67. The van der Waals surface area contributed by atoms with Crippen LogP contribution in [0.15, 0.2) is 6.20 Å². The molecule has 3 N–H and O–H groups in total. The average molecular weight is 268 g/mol. The van der Waals surface area contributed by atoms with Gasteiger partial charge in [0.05, 0.1) is 11.8 Å². The van der Waals surface area contributed by atoms with Gasteiger partial charge in [-0.15, -0.1) is 0 Å². The summed E-state index contributed by atoms with van der Waals surface area (Å²) in [5.41, 5.74) is 6.18. The molecule has 5 nitrogen and oxygen atoms in total. The summed E-state index contributed by atoms with van der Waals surface area (Å²) in [4.78, 5) is 12.0. The van der Waals surface area contributed by atoms with E-state index in [0.29, 0.717) is 17.8 Å². The summed E-state index contributed by atoms with van der Waals surface area (Å²) in [6, 6.07) is 0. The maximum absolute atomic E-state index is 11.8. The number of hydrogen-bond donors (Lipinski definition) is 2. The number of unbranched alkanes of at least 4 members (excludes halogenated alkanes) is 3. The molecule has 0 radical (unpaired) electrons. The lowest BCUT2D eigenvalue weighted by atomic mass is 10.1. The number of hydrogen-bond acceptors (Lipinski definition) is 3. The fraction of sp³-hybridized carbons (Fsp3) is 0.583. The van der Waals surface area contributed by atoms with Crippen LogP contribution in [0, 0.1) is 0 Å². The largest absolute Gasteiger partial charge is 0.389 e. The van der Waals surface area contributed by atoms with Crippen LogP contribution in [0.25, 0.3) is 0 Å². The maximum atomic E-state index is 11.8. The number of amides is 1. The normalized spacial score (nSPS) is 10.3. The summed E-state index contributed by atoms with van der Waals surface area (Å²) >= 11 is 4.91. The van der Waals surface area contributed by atoms with E-state index in [4.69, 9.17) is 18.0 Å². The minimum absolute atomic E-state index is 0.0211. The van der Waals surface area contributed by atoms with Crippen LogP contribution in [0.1, 0.15) is 44.6 Å². The molecule has 0 aliphatic carbocycles. The van der Waals surface area contributed by atoms with Gasteiger partial charge >= 0.3 is 0 Å². The number of carbonyl (C=O) groups is 1. The van der Waals surface area contributed by atoms with Crippen LogP contribution in [-0.4, -0.2) is 20.7 Å². The minimum Gasteiger partial charge on any atom is -0.389 e. The second-order valence-corrected chi connectivity index (χ2v) is 4.69. The molecular weight excluding hydrogens is 248 g/mol. The van der Waals surface area contributed by atoms with E-state index in [0.717, 1.165) is 25.7 Å². The van der Waals surface area contributed by atoms with Gasteiger partial charge in [0.15, 0.2) is 0 Å². The Morgan fingerprint density at radius 1 is 1.50 bits per heavy atom. The first-order valence-electron chi connectivity index (χ1n) is 6.18. The second kappa shape index (κ2) is 7.10. The van der Waals surface area contributed by atoms with Crippen molar-refractivity contribution in [3.05, 3.63) is 11.8 Å².